The molecule has 0 aliphatic rings. The Morgan fingerprint density at radius 3 is 2.35 bits per heavy atom. The molecule has 0 radical (unpaired) electrons. The van der Waals surface area contributed by atoms with Gasteiger partial charge in [0.15, 0.2) is 0 Å². The minimum absolute atomic E-state index is 0.00998. The van der Waals surface area contributed by atoms with E-state index in [9.17, 15) is 4.79 Å². The predicted octanol–water partition coefficient (Wildman–Crippen LogP) is 4.12. The van der Waals surface area contributed by atoms with E-state index in [2.05, 4.69) is 26.5 Å². The zero-order chi connectivity index (χ0) is 13.4. The van der Waals surface area contributed by atoms with E-state index in [0.717, 1.165) is 18.4 Å². The molecular formula is C15H26O2. The van der Waals surface area contributed by atoms with Crippen molar-refractivity contribution in [3.05, 3.63) is 23.8 Å². The van der Waals surface area contributed by atoms with E-state index >= 15 is 0 Å². The standard InChI is InChI=1S/C15H26O2/c1-7-13(6)15(16)17-10-14(12(4)5)9-8-11(2)3/h8,13-14H,4,7,9-10H2,1-3,5-6H3/t13-,14+/m1/s1. The lowest BCUT2D eigenvalue weighted by Crippen LogP contribution is -2.19. The molecule has 0 bridgehead atoms. The third-order valence-corrected chi connectivity index (χ3v) is 2.95. The second-order valence-electron chi connectivity index (χ2n) is 5.00. The van der Waals surface area contributed by atoms with Crippen LogP contribution in [0.4, 0.5) is 0 Å². The smallest absolute Gasteiger partial charge is 0.308 e. The van der Waals surface area contributed by atoms with Crippen LogP contribution in [0.3, 0.4) is 0 Å². The van der Waals surface area contributed by atoms with Gasteiger partial charge < -0.3 is 4.74 Å². The number of rotatable bonds is 7. The molecule has 0 unspecified atom stereocenters. The number of carbonyl (C=O) groups is 1. The van der Waals surface area contributed by atoms with Crippen molar-refractivity contribution >= 4 is 5.97 Å². The first-order valence-electron chi connectivity index (χ1n) is 6.33. The summed E-state index contributed by atoms with van der Waals surface area (Å²) in [4.78, 5) is 11.6. The molecule has 0 heterocycles. The van der Waals surface area contributed by atoms with Crippen molar-refractivity contribution in [2.45, 2.75) is 47.5 Å². The second kappa shape index (κ2) is 8.10. The van der Waals surface area contributed by atoms with Crippen LogP contribution in [0.1, 0.15) is 47.5 Å². The zero-order valence-electron chi connectivity index (χ0n) is 11.9. The van der Waals surface area contributed by atoms with Gasteiger partial charge in [-0.3, -0.25) is 4.79 Å². The van der Waals surface area contributed by atoms with Crippen LogP contribution in [0.2, 0.25) is 0 Å². The fourth-order valence-corrected chi connectivity index (χ4v) is 1.28. The average Bonchev–Trinajstić information content (AvgIpc) is 2.26. The third-order valence-electron chi connectivity index (χ3n) is 2.95. The van der Waals surface area contributed by atoms with Crippen LogP contribution in [0, 0.1) is 11.8 Å². The van der Waals surface area contributed by atoms with Crippen LogP contribution < -0.4 is 0 Å². The number of carbonyl (C=O) groups excluding carboxylic acids is 1. The van der Waals surface area contributed by atoms with Crippen molar-refractivity contribution in [1.82, 2.24) is 0 Å². The van der Waals surface area contributed by atoms with Crippen molar-refractivity contribution in [2.24, 2.45) is 11.8 Å². The Balaban J connectivity index is 4.23. The molecule has 0 aromatic heterocycles. The summed E-state index contributed by atoms with van der Waals surface area (Å²) in [5.41, 5.74) is 2.35. The van der Waals surface area contributed by atoms with Crippen LogP contribution in [0.5, 0.6) is 0 Å². The quantitative estimate of drug-likeness (QED) is 0.492. The van der Waals surface area contributed by atoms with Gasteiger partial charge in [-0.2, -0.15) is 0 Å². The molecule has 0 N–H and O–H groups in total. The fourth-order valence-electron chi connectivity index (χ4n) is 1.28. The third kappa shape index (κ3) is 6.98. The van der Waals surface area contributed by atoms with Gasteiger partial charge >= 0.3 is 5.97 Å². The monoisotopic (exact) mass is 238 g/mol. The molecule has 98 valence electrons. The Bertz CT molecular complexity index is 285. The number of esters is 1. The summed E-state index contributed by atoms with van der Waals surface area (Å²) < 4.78 is 5.32. The van der Waals surface area contributed by atoms with Crippen molar-refractivity contribution < 1.29 is 9.53 Å². The molecule has 0 spiro atoms. The Morgan fingerprint density at radius 2 is 1.94 bits per heavy atom. The Kier molecular flexibility index (Phi) is 7.60. The first kappa shape index (κ1) is 16.0. The highest BCUT2D eigenvalue weighted by atomic mass is 16.5. The van der Waals surface area contributed by atoms with Gasteiger partial charge in [-0.1, -0.05) is 37.6 Å². The summed E-state index contributed by atoms with van der Waals surface area (Å²) in [6.07, 6.45) is 3.88. The lowest BCUT2D eigenvalue weighted by molar-refractivity contribution is -0.149. The summed E-state index contributed by atoms with van der Waals surface area (Å²) in [7, 11) is 0. The number of hydrogen-bond acceptors (Lipinski definition) is 2. The van der Waals surface area contributed by atoms with E-state index in [4.69, 9.17) is 4.74 Å². The molecule has 0 amide bonds. The van der Waals surface area contributed by atoms with Gasteiger partial charge in [0, 0.05) is 5.92 Å². The van der Waals surface area contributed by atoms with Gasteiger partial charge in [0.25, 0.3) is 0 Å². The van der Waals surface area contributed by atoms with Gasteiger partial charge in [-0.05, 0) is 33.6 Å². The van der Waals surface area contributed by atoms with E-state index < -0.39 is 0 Å². The average molecular weight is 238 g/mol. The summed E-state index contributed by atoms with van der Waals surface area (Å²) in [5.74, 6) is 0.123. The van der Waals surface area contributed by atoms with Gasteiger partial charge in [-0.15, -0.1) is 0 Å². The van der Waals surface area contributed by atoms with Gasteiger partial charge in [0.2, 0.25) is 0 Å². The minimum atomic E-state index is -0.101. The van der Waals surface area contributed by atoms with Crippen LogP contribution in [0.25, 0.3) is 0 Å². The molecule has 0 fully saturated rings. The first-order valence-corrected chi connectivity index (χ1v) is 6.33. The predicted molar refractivity (Wildman–Crippen MR) is 72.8 cm³/mol. The molecular weight excluding hydrogens is 212 g/mol. The molecule has 0 aliphatic carbocycles. The maximum atomic E-state index is 11.6. The van der Waals surface area contributed by atoms with Crippen LogP contribution >= 0.6 is 0 Å². The molecule has 0 saturated heterocycles. The van der Waals surface area contributed by atoms with Crippen molar-refractivity contribution in [1.29, 1.82) is 0 Å². The molecule has 0 rings (SSSR count). The van der Waals surface area contributed by atoms with Crippen molar-refractivity contribution in [3.8, 4) is 0 Å². The Labute approximate surface area is 106 Å². The topological polar surface area (TPSA) is 26.3 Å². The van der Waals surface area contributed by atoms with Crippen LogP contribution in [0.15, 0.2) is 23.8 Å². The largest absolute Gasteiger partial charge is 0.465 e. The second-order valence-corrected chi connectivity index (χ2v) is 5.00. The lowest BCUT2D eigenvalue weighted by Gasteiger charge is -2.17. The maximum absolute atomic E-state index is 11.6. The Morgan fingerprint density at radius 1 is 1.35 bits per heavy atom. The highest BCUT2D eigenvalue weighted by Crippen LogP contribution is 2.16. The molecule has 0 aromatic rings. The van der Waals surface area contributed by atoms with E-state index in [1.165, 1.54) is 5.57 Å². The fraction of sp³-hybridized carbons (Fsp3) is 0.667. The lowest BCUT2D eigenvalue weighted by atomic mass is 9.98. The van der Waals surface area contributed by atoms with Crippen LogP contribution in [-0.2, 0) is 9.53 Å². The van der Waals surface area contributed by atoms with Gasteiger partial charge in [0.1, 0.15) is 0 Å². The number of allylic oxidation sites excluding steroid dienone is 2. The Hall–Kier alpha value is -1.05. The van der Waals surface area contributed by atoms with Crippen molar-refractivity contribution in [2.75, 3.05) is 6.61 Å². The van der Waals surface area contributed by atoms with E-state index in [-0.39, 0.29) is 17.8 Å². The van der Waals surface area contributed by atoms with E-state index in [1.54, 1.807) is 0 Å². The summed E-state index contributed by atoms with van der Waals surface area (Å²) in [5, 5.41) is 0. The highest BCUT2D eigenvalue weighted by Gasteiger charge is 2.15. The summed E-state index contributed by atoms with van der Waals surface area (Å²) in [6.45, 7) is 14.4. The molecule has 17 heavy (non-hydrogen) atoms. The maximum Gasteiger partial charge on any atom is 0.308 e. The summed E-state index contributed by atoms with van der Waals surface area (Å²) in [6, 6.07) is 0. The molecule has 0 aliphatic heterocycles. The molecule has 0 aromatic carbocycles. The van der Waals surface area contributed by atoms with Crippen molar-refractivity contribution in [3.63, 3.8) is 0 Å². The number of ether oxygens (including phenoxy) is 1. The van der Waals surface area contributed by atoms with Gasteiger partial charge in [0.05, 0.1) is 12.5 Å². The molecule has 2 atom stereocenters. The summed E-state index contributed by atoms with van der Waals surface area (Å²) >= 11 is 0. The molecule has 2 heteroatoms. The zero-order valence-corrected chi connectivity index (χ0v) is 11.9. The first-order chi connectivity index (χ1) is 7.88. The van der Waals surface area contributed by atoms with E-state index in [1.807, 2.05) is 20.8 Å². The SMILES string of the molecule is C=C(C)[C@@H](CC=C(C)C)COC(=O)[C@H](C)CC. The van der Waals surface area contributed by atoms with Gasteiger partial charge in [-0.25, -0.2) is 0 Å². The normalized spacial score (nSPS) is 13.7. The highest BCUT2D eigenvalue weighted by molar-refractivity contribution is 5.71. The van der Waals surface area contributed by atoms with Crippen LogP contribution in [-0.4, -0.2) is 12.6 Å². The number of hydrogen-bond donors (Lipinski definition) is 0. The van der Waals surface area contributed by atoms with E-state index in [0.29, 0.717) is 6.61 Å². The minimum Gasteiger partial charge on any atom is -0.465 e. The molecule has 2 nitrogen and oxygen atoms in total. The molecule has 0 saturated carbocycles.